The molecule has 1 aromatic rings. The van der Waals surface area contributed by atoms with Gasteiger partial charge in [0.15, 0.2) is 0 Å². The number of carbonyl (C=O) groups excluding carboxylic acids is 1. The van der Waals surface area contributed by atoms with Crippen LogP contribution in [0, 0.1) is 5.92 Å². The predicted octanol–water partition coefficient (Wildman–Crippen LogP) is 2.93. The molecule has 0 N–H and O–H groups in total. The van der Waals surface area contributed by atoms with Gasteiger partial charge in [0, 0.05) is 17.1 Å². The van der Waals surface area contributed by atoms with E-state index in [-0.39, 0.29) is 0 Å². The highest BCUT2D eigenvalue weighted by Gasteiger charge is 2.20. The Balaban J connectivity index is 1.87. The van der Waals surface area contributed by atoms with Crippen molar-refractivity contribution in [2.45, 2.75) is 24.2 Å². The van der Waals surface area contributed by atoms with E-state index in [1.165, 1.54) is 23.5 Å². The molecule has 0 saturated heterocycles. The van der Waals surface area contributed by atoms with E-state index in [2.05, 4.69) is 12.1 Å². The highest BCUT2D eigenvalue weighted by atomic mass is 32.2. The van der Waals surface area contributed by atoms with Crippen molar-refractivity contribution in [3.63, 3.8) is 0 Å². The second-order valence-corrected chi connectivity index (χ2v) is 4.86. The molecule has 14 heavy (non-hydrogen) atoms. The van der Waals surface area contributed by atoms with Gasteiger partial charge in [-0.1, -0.05) is 12.1 Å². The summed E-state index contributed by atoms with van der Waals surface area (Å²) in [7, 11) is 0. The zero-order valence-corrected chi connectivity index (χ0v) is 8.93. The Hall–Kier alpha value is -0.760. The Morgan fingerprint density at radius 1 is 1.29 bits per heavy atom. The molecular weight excluding hydrogens is 192 g/mol. The fourth-order valence-corrected chi connectivity index (χ4v) is 2.41. The minimum atomic E-state index is 0.535. The van der Waals surface area contributed by atoms with Crippen LogP contribution in [0.15, 0.2) is 29.2 Å². The molecule has 1 saturated carbocycles. The van der Waals surface area contributed by atoms with Crippen LogP contribution in [-0.2, 0) is 11.2 Å². The standard InChI is InChI=1S/C12H14OS/c13-8-7-10-3-5-12(6-4-10)14-9-11-1-2-11/h3-6,8,11H,1-2,7,9H2. The minimum absolute atomic E-state index is 0.535. The first-order valence-corrected chi connectivity index (χ1v) is 6.02. The third-order valence-corrected chi connectivity index (χ3v) is 3.67. The van der Waals surface area contributed by atoms with Crippen molar-refractivity contribution in [1.29, 1.82) is 0 Å². The zero-order chi connectivity index (χ0) is 9.80. The van der Waals surface area contributed by atoms with Gasteiger partial charge >= 0.3 is 0 Å². The molecule has 0 aliphatic heterocycles. The number of hydrogen-bond donors (Lipinski definition) is 0. The van der Waals surface area contributed by atoms with Crippen LogP contribution in [0.5, 0.6) is 0 Å². The maximum atomic E-state index is 10.3. The van der Waals surface area contributed by atoms with Crippen molar-refractivity contribution in [3.8, 4) is 0 Å². The molecule has 1 aliphatic rings. The van der Waals surface area contributed by atoms with Crippen molar-refractivity contribution in [2.24, 2.45) is 5.92 Å². The van der Waals surface area contributed by atoms with E-state index in [0.29, 0.717) is 6.42 Å². The molecular formula is C12H14OS. The molecule has 0 bridgehead atoms. The molecule has 1 nitrogen and oxygen atoms in total. The largest absolute Gasteiger partial charge is 0.303 e. The van der Waals surface area contributed by atoms with E-state index in [0.717, 1.165) is 17.8 Å². The van der Waals surface area contributed by atoms with Gasteiger partial charge in [0.1, 0.15) is 6.29 Å². The number of aldehydes is 1. The highest BCUT2D eigenvalue weighted by molar-refractivity contribution is 7.99. The van der Waals surface area contributed by atoms with Crippen LogP contribution in [0.2, 0.25) is 0 Å². The molecule has 1 fully saturated rings. The van der Waals surface area contributed by atoms with Crippen molar-refractivity contribution >= 4 is 18.0 Å². The topological polar surface area (TPSA) is 17.1 Å². The molecule has 1 aromatic carbocycles. The highest BCUT2D eigenvalue weighted by Crippen LogP contribution is 2.34. The summed E-state index contributed by atoms with van der Waals surface area (Å²) >= 11 is 1.93. The molecule has 0 atom stereocenters. The molecule has 0 heterocycles. The van der Waals surface area contributed by atoms with Crippen LogP contribution >= 0.6 is 11.8 Å². The summed E-state index contributed by atoms with van der Waals surface area (Å²) < 4.78 is 0. The van der Waals surface area contributed by atoms with Gasteiger partial charge in [-0.15, -0.1) is 11.8 Å². The van der Waals surface area contributed by atoms with E-state index in [4.69, 9.17) is 0 Å². The predicted molar refractivity (Wildman–Crippen MR) is 59.7 cm³/mol. The summed E-state index contributed by atoms with van der Waals surface area (Å²) in [4.78, 5) is 11.6. The van der Waals surface area contributed by atoms with E-state index >= 15 is 0 Å². The third kappa shape index (κ3) is 2.88. The Kier molecular flexibility index (Phi) is 3.25. The lowest BCUT2D eigenvalue weighted by atomic mass is 10.2. The van der Waals surface area contributed by atoms with Crippen molar-refractivity contribution in [3.05, 3.63) is 29.8 Å². The number of hydrogen-bond acceptors (Lipinski definition) is 2. The van der Waals surface area contributed by atoms with Crippen LogP contribution in [0.3, 0.4) is 0 Å². The minimum Gasteiger partial charge on any atom is -0.303 e. The summed E-state index contributed by atoms with van der Waals surface area (Å²) in [6, 6.07) is 8.32. The van der Waals surface area contributed by atoms with Gasteiger partial charge in [-0.05, 0) is 36.5 Å². The summed E-state index contributed by atoms with van der Waals surface area (Å²) in [5, 5.41) is 0. The summed E-state index contributed by atoms with van der Waals surface area (Å²) in [5.41, 5.74) is 1.11. The first-order valence-electron chi connectivity index (χ1n) is 5.04. The van der Waals surface area contributed by atoms with E-state index in [9.17, 15) is 4.79 Å². The normalized spacial score (nSPS) is 15.4. The monoisotopic (exact) mass is 206 g/mol. The summed E-state index contributed by atoms with van der Waals surface area (Å²) in [6.07, 6.45) is 4.31. The Morgan fingerprint density at radius 3 is 2.57 bits per heavy atom. The average molecular weight is 206 g/mol. The first kappa shape index (κ1) is 9.78. The SMILES string of the molecule is O=CCc1ccc(SCC2CC2)cc1. The molecule has 0 amide bonds. The second kappa shape index (κ2) is 4.65. The van der Waals surface area contributed by atoms with E-state index in [1.54, 1.807) is 0 Å². The lowest BCUT2D eigenvalue weighted by molar-refractivity contribution is -0.107. The van der Waals surface area contributed by atoms with Crippen molar-refractivity contribution < 1.29 is 4.79 Å². The van der Waals surface area contributed by atoms with Gasteiger partial charge in [-0.25, -0.2) is 0 Å². The van der Waals surface area contributed by atoms with Crippen LogP contribution < -0.4 is 0 Å². The quantitative estimate of drug-likeness (QED) is 0.544. The lowest BCUT2D eigenvalue weighted by Crippen LogP contribution is -1.85. The maximum Gasteiger partial charge on any atom is 0.124 e. The maximum absolute atomic E-state index is 10.3. The Morgan fingerprint density at radius 2 is 2.00 bits per heavy atom. The van der Waals surface area contributed by atoms with E-state index < -0.39 is 0 Å². The lowest BCUT2D eigenvalue weighted by Gasteiger charge is -2.01. The van der Waals surface area contributed by atoms with Crippen LogP contribution in [-0.4, -0.2) is 12.0 Å². The fourth-order valence-electron chi connectivity index (χ4n) is 1.32. The van der Waals surface area contributed by atoms with Crippen LogP contribution in [0.4, 0.5) is 0 Å². The molecule has 74 valence electrons. The number of rotatable bonds is 5. The van der Waals surface area contributed by atoms with Crippen LogP contribution in [0.25, 0.3) is 0 Å². The smallest absolute Gasteiger partial charge is 0.124 e. The van der Waals surface area contributed by atoms with Gasteiger partial charge in [0.2, 0.25) is 0 Å². The third-order valence-electron chi connectivity index (χ3n) is 2.43. The Labute approximate surface area is 88.9 Å². The van der Waals surface area contributed by atoms with Gasteiger partial charge in [-0.2, -0.15) is 0 Å². The summed E-state index contributed by atoms with van der Waals surface area (Å²) in [5.74, 6) is 2.22. The molecule has 1 aliphatic carbocycles. The fraction of sp³-hybridized carbons (Fsp3) is 0.417. The molecule has 2 rings (SSSR count). The molecule has 2 heteroatoms. The molecule has 0 spiro atoms. The number of carbonyl (C=O) groups is 1. The van der Waals surface area contributed by atoms with E-state index in [1.807, 2.05) is 23.9 Å². The van der Waals surface area contributed by atoms with Gasteiger partial charge < -0.3 is 4.79 Å². The van der Waals surface area contributed by atoms with Crippen molar-refractivity contribution in [1.82, 2.24) is 0 Å². The Bertz CT molecular complexity index is 301. The first-order chi connectivity index (χ1) is 6.88. The molecule has 0 radical (unpaired) electrons. The van der Waals surface area contributed by atoms with Gasteiger partial charge in [-0.3, -0.25) is 0 Å². The molecule has 0 unspecified atom stereocenters. The van der Waals surface area contributed by atoms with Gasteiger partial charge in [0.05, 0.1) is 0 Å². The second-order valence-electron chi connectivity index (χ2n) is 3.77. The zero-order valence-electron chi connectivity index (χ0n) is 8.11. The van der Waals surface area contributed by atoms with Crippen molar-refractivity contribution in [2.75, 3.05) is 5.75 Å². The summed E-state index contributed by atoms with van der Waals surface area (Å²) in [6.45, 7) is 0. The number of benzene rings is 1. The molecule has 0 aromatic heterocycles. The average Bonchev–Trinajstić information content (AvgIpc) is 3.01. The number of thioether (sulfide) groups is 1. The van der Waals surface area contributed by atoms with Gasteiger partial charge in [0.25, 0.3) is 0 Å². The van der Waals surface area contributed by atoms with Crippen LogP contribution in [0.1, 0.15) is 18.4 Å².